The lowest BCUT2D eigenvalue weighted by molar-refractivity contribution is -0.500. The van der Waals surface area contributed by atoms with E-state index in [1.54, 1.807) is 0 Å². The van der Waals surface area contributed by atoms with Crippen LogP contribution in [0.5, 0.6) is 69.0 Å². The highest BCUT2D eigenvalue weighted by molar-refractivity contribution is 6.08. The number of cyclic esters (lactones) is 1. The average molecular weight is 1100 g/mol. The van der Waals surface area contributed by atoms with Gasteiger partial charge in [-0.15, -0.1) is 0 Å². The lowest BCUT2D eigenvalue weighted by atomic mass is 9.45. The first-order chi connectivity index (χ1) is 36.5. The summed E-state index contributed by atoms with van der Waals surface area (Å²) in [5.41, 5.74) is -13.5. The summed E-state index contributed by atoms with van der Waals surface area (Å²) < 4.78 is 58.7. The summed E-state index contributed by atoms with van der Waals surface area (Å²) in [6.45, 7) is -1.36. The largest absolute Gasteiger partial charge is 0.504 e. The molecule has 412 valence electrons. The first kappa shape index (κ1) is 50.3. The molecule has 4 saturated heterocycles. The maximum Gasteiger partial charge on any atom is 0.340 e. The van der Waals surface area contributed by atoms with Crippen molar-refractivity contribution in [1.29, 1.82) is 0 Å². The highest BCUT2D eigenvalue weighted by Gasteiger charge is 2.99. The molecular formula is C47H38O31. The summed E-state index contributed by atoms with van der Waals surface area (Å²) >= 11 is 0. The molecule has 14 atom stereocenters. The minimum absolute atomic E-state index is 0.357. The maximum absolute atomic E-state index is 16.2. The number of carbonyl (C=O) groups is 5. The zero-order chi connectivity index (χ0) is 56.2. The van der Waals surface area contributed by atoms with E-state index in [9.17, 15) is 91.3 Å². The molecule has 78 heavy (non-hydrogen) atoms. The Kier molecular flexibility index (Phi) is 10.0. The number of esters is 5. The van der Waals surface area contributed by atoms with Crippen LogP contribution in [0.15, 0.2) is 30.3 Å². The van der Waals surface area contributed by atoms with Crippen molar-refractivity contribution in [1.82, 2.24) is 0 Å². The van der Waals surface area contributed by atoms with Crippen molar-refractivity contribution in [2.24, 2.45) is 5.41 Å². The molecule has 4 aromatic carbocycles. The second kappa shape index (κ2) is 15.6. The van der Waals surface area contributed by atoms with Gasteiger partial charge in [-0.25, -0.2) is 19.2 Å². The molecule has 9 bridgehead atoms. The minimum Gasteiger partial charge on any atom is -0.504 e. The van der Waals surface area contributed by atoms with E-state index in [0.717, 1.165) is 6.92 Å². The lowest BCUT2D eigenvalue weighted by Crippen LogP contribution is -2.87. The fraction of sp³-hybridized carbons (Fsp3) is 0.383. The number of aliphatic hydroxyl groups is 5. The van der Waals surface area contributed by atoms with Crippen LogP contribution in [0.25, 0.3) is 11.1 Å². The quantitative estimate of drug-likeness (QED) is 0.0562. The summed E-state index contributed by atoms with van der Waals surface area (Å²) in [4.78, 5) is 74.8. The minimum atomic E-state index is -3.85. The number of rotatable bonds is 2. The van der Waals surface area contributed by atoms with Crippen LogP contribution in [0, 0.1) is 5.41 Å². The highest BCUT2D eigenvalue weighted by atomic mass is 16.9. The number of benzene rings is 4. The van der Waals surface area contributed by atoms with Crippen molar-refractivity contribution in [3.63, 3.8) is 0 Å². The second-order valence-electron chi connectivity index (χ2n) is 19.6. The summed E-state index contributed by atoms with van der Waals surface area (Å²) in [5, 5.41) is 180. The van der Waals surface area contributed by atoms with Crippen molar-refractivity contribution in [3.05, 3.63) is 58.1 Å². The Morgan fingerprint density at radius 1 is 0.628 bits per heavy atom. The third-order valence-corrected chi connectivity index (χ3v) is 15.8. The summed E-state index contributed by atoms with van der Waals surface area (Å²) in [7, 11) is 0. The molecule has 8 aliphatic rings. The molecule has 1 aliphatic carbocycles. The average Bonchev–Trinajstić information content (AvgIpc) is 1.73. The molecule has 31 nitrogen and oxygen atoms in total. The number of fused-ring (bicyclic) bond motifs is 6. The van der Waals surface area contributed by atoms with Crippen LogP contribution in [-0.4, -0.2) is 197 Å². The summed E-state index contributed by atoms with van der Waals surface area (Å²) in [5.74, 6) is -38.9. The Labute approximate surface area is 430 Å². The fourth-order valence-electron chi connectivity index (χ4n) is 12.1. The van der Waals surface area contributed by atoms with Crippen LogP contribution in [0.2, 0.25) is 0 Å². The molecular weight excluding hydrogens is 1060 g/mol. The predicted octanol–water partition coefficient (Wildman–Crippen LogP) is -2.47. The molecule has 1 saturated carbocycles. The molecule has 0 amide bonds. The molecule has 16 N–H and O–H groups in total. The van der Waals surface area contributed by atoms with Gasteiger partial charge in [0, 0.05) is 23.1 Å². The van der Waals surface area contributed by atoms with Crippen molar-refractivity contribution < 1.29 is 153 Å². The van der Waals surface area contributed by atoms with Gasteiger partial charge in [-0.1, -0.05) is 0 Å². The molecule has 4 aromatic rings. The zero-order valence-electron chi connectivity index (χ0n) is 38.9. The number of carbonyl (C=O) groups excluding carboxylic acids is 5. The van der Waals surface area contributed by atoms with E-state index in [-0.39, 0.29) is 0 Å². The highest BCUT2D eigenvalue weighted by Crippen LogP contribution is 2.79. The van der Waals surface area contributed by atoms with Crippen molar-refractivity contribution in [2.75, 3.05) is 13.2 Å². The van der Waals surface area contributed by atoms with Gasteiger partial charge in [-0.3, -0.25) is 4.79 Å². The van der Waals surface area contributed by atoms with E-state index in [2.05, 4.69) is 0 Å². The lowest BCUT2D eigenvalue weighted by Gasteiger charge is -2.66. The Morgan fingerprint density at radius 3 is 1.78 bits per heavy atom. The molecule has 0 radical (unpaired) electrons. The number of hydrogen-bond acceptors (Lipinski definition) is 31. The van der Waals surface area contributed by atoms with Gasteiger partial charge in [0.05, 0.1) is 34.3 Å². The third kappa shape index (κ3) is 5.81. The van der Waals surface area contributed by atoms with E-state index in [4.69, 9.17) is 47.4 Å². The van der Waals surface area contributed by atoms with Gasteiger partial charge >= 0.3 is 35.6 Å². The number of phenols is 11. The molecule has 31 heteroatoms. The monoisotopic (exact) mass is 1100 g/mol. The number of ether oxygens (including phenoxy) is 10. The van der Waals surface area contributed by atoms with Crippen LogP contribution in [-0.2, 0) is 52.8 Å². The summed E-state index contributed by atoms with van der Waals surface area (Å²) in [6, 6.07) is 2.36. The molecule has 2 spiro atoms. The van der Waals surface area contributed by atoms with E-state index in [1.165, 1.54) is 0 Å². The zero-order valence-corrected chi connectivity index (χ0v) is 38.9. The molecule has 14 unspecified atom stereocenters. The Bertz CT molecular complexity index is 3430. The normalized spacial score (nSPS) is 36.7. The second-order valence-corrected chi connectivity index (χ2v) is 19.6. The summed E-state index contributed by atoms with van der Waals surface area (Å²) in [6.07, 6.45) is -21.1. The van der Waals surface area contributed by atoms with E-state index in [0.29, 0.717) is 30.3 Å². The van der Waals surface area contributed by atoms with E-state index in [1.807, 2.05) is 0 Å². The van der Waals surface area contributed by atoms with Crippen LogP contribution in [0.4, 0.5) is 0 Å². The molecule has 7 aliphatic heterocycles. The number of aliphatic hydroxyl groups excluding tert-OH is 2. The van der Waals surface area contributed by atoms with Gasteiger partial charge in [0.25, 0.3) is 0 Å². The van der Waals surface area contributed by atoms with Gasteiger partial charge in [0.15, 0.2) is 64.0 Å². The fourth-order valence-corrected chi connectivity index (χ4v) is 12.1. The van der Waals surface area contributed by atoms with Crippen LogP contribution in [0.1, 0.15) is 60.3 Å². The SMILES string of the molecule is CC12c3c4cc(O)c(O)c3OC3(O)C5(O)CC1(C(=O)OC1C6COC(=O)c7cc(O)c(O)c(O)c7-c7c(cc(O)c(O)c7O)C(=O)OC1C(OC4=O)C(OC(=O)c1cc(O)c(O)c(O)c1)O6)C(OC32O)C1(OCC(O)C1O)O5. The van der Waals surface area contributed by atoms with Gasteiger partial charge in [-0.05, 0) is 37.3 Å². The van der Waals surface area contributed by atoms with Crippen molar-refractivity contribution >= 4 is 29.8 Å². The van der Waals surface area contributed by atoms with Crippen LogP contribution >= 0.6 is 0 Å². The molecule has 7 heterocycles. The Hall–Kier alpha value is -8.53. The molecule has 5 fully saturated rings. The number of hydrogen-bond donors (Lipinski definition) is 16. The smallest absolute Gasteiger partial charge is 0.340 e. The van der Waals surface area contributed by atoms with Crippen molar-refractivity contribution in [3.8, 4) is 80.1 Å². The van der Waals surface area contributed by atoms with Gasteiger partial charge in [0.2, 0.25) is 47.0 Å². The van der Waals surface area contributed by atoms with E-state index < -0.39 is 240 Å². The first-order valence-corrected chi connectivity index (χ1v) is 22.8. The van der Waals surface area contributed by atoms with Crippen LogP contribution in [0.3, 0.4) is 0 Å². The predicted molar refractivity (Wildman–Crippen MR) is 232 cm³/mol. The number of aromatic hydroxyl groups is 11. The van der Waals surface area contributed by atoms with Gasteiger partial charge in [0.1, 0.15) is 36.4 Å². The standard InChI is InChI=1S/C47H38O31/c1-42-23-13-6-18(52)27(57)31(23)76-47(68)44(66)9-43(42,40(77-46(42,47)67)45(78-44)34(60)19(53)7-70-45)41(65)74-30-20-8-69-36(62)11-4-16(50)25(55)28(58)21(11)22-12(5-17(51)26(56)29(22)59)37(63)72-32(30)33(73-38(13)64)39(71-20)75-35(61)10-2-14(48)24(54)15(49)3-10/h2-6,19-20,30,32-34,39-40,48-60,66-68H,7-9H2,1H3. The molecule has 12 rings (SSSR count). The maximum atomic E-state index is 16.2. The van der Waals surface area contributed by atoms with Crippen molar-refractivity contribution in [2.45, 2.75) is 90.9 Å². The van der Waals surface area contributed by atoms with Gasteiger partial charge in [-0.2, -0.15) is 0 Å². The first-order valence-electron chi connectivity index (χ1n) is 22.8. The molecule has 0 aromatic heterocycles. The Morgan fingerprint density at radius 2 is 1.18 bits per heavy atom. The Balaban J connectivity index is 1.13. The van der Waals surface area contributed by atoms with E-state index >= 15 is 14.4 Å². The van der Waals surface area contributed by atoms with Crippen LogP contribution < -0.4 is 4.74 Å². The number of phenolic OH excluding ortho intramolecular Hbond substituents is 11. The topological polar surface area (TPSA) is 501 Å². The third-order valence-electron chi connectivity index (χ3n) is 15.8. The van der Waals surface area contributed by atoms with Gasteiger partial charge < -0.3 is 129 Å².